The molecule has 0 aliphatic carbocycles. The Balaban J connectivity index is 2.21. The van der Waals surface area contributed by atoms with Crippen molar-refractivity contribution in [2.45, 2.75) is 0 Å². The lowest BCUT2D eigenvalue weighted by molar-refractivity contribution is 0.0692. The molecule has 0 saturated heterocycles. The summed E-state index contributed by atoms with van der Waals surface area (Å²) < 4.78 is 13.5. The molecule has 0 saturated carbocycles. The average molecular weight is 328 g/mol. The summed E-state index contributed by atoms with van der Waals surface area (Å²) in [6, 6.07) is 7.60. The topological polar surface area (TPSA) is 66.4 Å². The van der Waals surface area contributed by atoms with Crippen LogP contribution in [0.4, 0.5) is 10.1 Å². The molecule has 2 N–H and O–H groups in total. The van der Waals surface area contributed by atoms with E-state index in [2.05, 4.69) is 5.32 Å². The lowest BCUT2D eigenvalue weighted by atomic mass is 10.1. The highest BCUT2D eigenvalue weighted by Gasteiger charge is 2.13. The molecular formula is C14H8Cl2FNO3. The van der Waals surface area contributed by atoms with Gasteiger partial charge in [0.2, 0.25) is 0 Å². The van der Waals surface area contributed by atoms with E-state index in [1.54, 1.807) is 0 Å². The van der Waals surface area contributed by atoms with Crippen molar-refractivity contribution in [3.05, 3.63) is 63.4 Å². The maximum absolute atomic E-state index is 13.5. The Morgan fingerprint density at radius 2 is 1.76 bits per heavy atom. The number of hydrogen-bond donors (Lipinski definition) is 2. The Morgan fingerprint density at radius 1 is 1.05 bits per heavy atom. The molecule has 0 atom stereocenters. The minimum absolute atomic E-state index is 0.133. The number of hydrogen-bond acceptors (Lipinski definition) is 2. The van der Waals surface area contributed by atoms with Gasteiger partial charge in [-0.05, 0) is 36.4 Å². The first-order chi connectivity index (χ1) is 9.88. The lowest BCUT2D eigenvalue weighted by Crippen LogP contribution is -2.12. The third-order valence-electron chi connectivity index (χ3n) is 2.64. The van der Waals surface area contributed by atoms with Gasteiger partial charge in [-0.1, -0.05) is 23.2 Å². The molecule has 0 aliphatic rings. The van der Waals surface area contributed by atoms with Crippen LogP contribution in [0.2, 0.25) is 10.0 Å². The highest BCUT2D eigenvalue weighted by Crippen LogP contribution is 2.23. The van der Waals surface area contributed by atoms with E-state index in [9.17, 15) is 14.0 Å². The van der Waals surface area contributed by atoms with Crippen LogP contribution in [0.3, 0.4) is 0 Å². The number of benzene rings is 2. The largest absolute Gasteiger partial charge is 0.478 e. The van der Waals surface area contributed by atoms with Crippen LogP contribution in [0.1, 0.15) is 20.7 Å². The summed E-state index contributed by atoms with van der Waals surface area (Å²) in [5.41, 5.74) is -0.0942. The molecule has 0 aliphatic heterocycles. The van der Waals surface area contributed by atoms with Gasteiger partial charge >= 0.3 is 5.97 Å². The second-order valence-electron chi connectivity index (χ2n) is 4.08. The Morgan fingerprint density at radius 3 is 2.33 bits per heavy atom. The molecule has 4 nitrogen and oxygen atoms in total. The molecule has 2 aromatic carbocycles. The van der Waals surface area contributed by atoms with Crippen molar-refractivity contribution in [2.75, 3.05) is 5.32 Å². The Kier molecular flexibility index (Phi) is 4.45. The van der Waals surface area contributed by atoms with Gasteiger partial charge in [-0.3, -0.25) is 4.79 Å². The first-order valence-corrected chi connectivity index (χ1v) is 6.43. The van der Waals surface area contributed by atoms with Crippen molar-refractivity contribution in [3.8, 4) is 0 Å². The Hall–Kier alpha value is -2.11. The molecule has 1 amide bonds. The summed E-state index contributed by atoms with van der Waals surface area (Å²) in [4.78, 5) is 22.6. The number of carboxylic acids is 1. The fourth-order valence-electron chi connectivity index (χ4n) is 1.61. The maximum Gasteiger partial charge on any atom is 0.338 e. The summed E-state index contributed by atoms with van der Waals surface area (Å²) in [7, 11) is 0. The molecule has 0 fully saturated rings. The van der Waals surface area contributed by atoms with Crippen LogP contribution in [0.15, 0.2) is 36.4 Å². The molecule has 21 heavy (non-hydrogen) atoms. The van der Waals surface area contributed by atoms with Gasteiger partial charge in [-0.2, -0.15) is 0 Å². The maximum atomic E-state index is 13.5. The molecule has 0 aromatic heterocycles. The molecule has 7 heteroatoms. The van der Waals surface area contributed by atoms with Crippen LogP contribution >= 0.6 is 23.2 Å². The summed E-state index contributed by atoms with van der Waals surface area (Å²) in [6.07, 6.45) is 0. The van der Waals surface area contributed by atoms with Gasteiger partial charge in [-0.25, -0.2) is 9.18 Å². The molecule has 0 spiro atoms. The van der Waals surface area contributed by atoms with Gasteiger partial charge in [0, 0.05) is 11.3 Å². The number of anilines is 1. The van der Waals surface area contributed by atoms with Gasteiger partial charge in [0.1, 0.15) is 5.82 Å². The smallest absolute Gasteiger partial charge is 0.338 e. The third kappa shape index (κ3) is 3.51. The van der Waals surface area contributed by atoms with Crippen LogP contribution in [0, 0.1) is 5.82 Å². The van der Waals surface area contributed by atoms with E-state index >= 15 is 0 Å². The Labute approximate surface area is 129 Å². The van der Waals surface area contributed by atoms with Crippen molar-refractivity contribution in [3.63, 3.8) is 0 Å². The summed E-state index contributed by atoms with van der Waals surface area (Å²) in [5, 5.41) is 11.7. The van der Waals surface area contributed by atoms with Crippen molar-refractivity contribution in [1.82, 2.24) is 0 Å². The van der Waals surface area contributed by atoms with Crippen molar-refractivity contribution < 1.29 is 19.1 Å². The standard InChI is InChI=1S/C14H8Cl2FNO3/c15-10-4-1-7(5-11(10)16)13(19)18-8-2-3-9(14(20)21)12(17)6-8/h1-6H,(H,18,19)(H,20,21). The fraction of sp³-hybridized carbons (Fsp3) is 0. The number of aromatic carboxylic acids is 1. The molecule has 2 aromatic rings. The van der Waals surface area contributed by atoms with Crippen LogP contribution < -0.4 is 5.32 Å². The van der Waals surface area contributed by atoms with E-state index in [4.69, 9.17) is 28.3 Å². The molecule has 0 unspecified atom stereocenters. The van der Waals surface area contributed by atoms with Crippen molar-refractivity contribution in [2.24, 2.45) is 0 Å². The van der Waals surface area contributed by atoms with E-state index < -0.39 is 23.3 Å². The molecule has 0 heterocycles. The zero-order valence-corrected chi connectivity index (χ0v) is 11.9. The second kappa shape index (κ2) is 6.11. The molecule has 2 rings (SSSR count). The first-order valence-electron chi connectivity index (χ1n) is 5.67. The second-order valence-corrected chi connectivity index (χ2v) is 4.90. The predicted molar refractivity (Wildman–Crippen MR) is 77.8 cm³/mol. The fourth-order valence-corrected chi connectivity index (χ4v) is 1.91. The van der Waals surface area contributed by atoms with E-state index in [-0.39, 0.29) is 16.3 Å². The molecule has 0 bridgehead atoms. The molecule has 108 valence electrons. The molecular weight excluding hydrogens is 320 g/mol. The number of nitrogens with one attached hydrogen (secondary N) is 1. The van der Waals surface area contributed by atoms with Crippen LogP contribution in [0.25, 0.3) is 0 Å². The normalized spacial score (nSPS) is 10.2. The highest BCUT2D eigenvalue weighted by atomic mass is 35.5. The van der Waals surface area contributed by atoms with Gasteiger partial charge in [0.05, 0.1) is 15.6 Å². The Bertz CT molecular complexity index is 734. The van der Waals surface area contributed by atoms with Crippen molar-refractivity contribution >= 4 is 40.8 Å². The zero-order valence-electron chi connectivity index (χ0n) is 10.4. The monoisotopic (exact) mass is 327 g/mol. The summed E-state index contributed by atoms with van der Waals surface area (Å²) >= 11 is 11.5. The van der Waals surface area contributed by atoms with Gasteiger partial charge in [-0.15, -0.1) is 0 Å². The summed E-state index contributed by atoms with van der Waals surface area (Å²) in [6.45, 7) is 0. The van der Waals surface area contributed by atoms with Crippen LogP contribution in [-0.2, 0) is 0 Å². The minimum Gasteiger partial charge on any atom is -0.478 e. The predicted octanol–water partition coefficient (Wildman–Crippen LogP) is 4.08. The number of carbonyl (C=O) groups is 2. The number of amides is 1. The zero-order chi connectivity index (χ0) is 15.6. The number of carbonyl (C=O) groups excluding carboxylic acids is 1. The van der Waals surface area contributed by atoms with E-state index in [0.29, 0.717) is 5.02 Å². The van der Waals surface area contributed by atoms with Crippen molar-refractivity contribution in [1.29, 1.82) is 0 Å². The van der Waals surface area contributed by atoms with E-state index in [0.717, 1.165) is 12.1 Å². The SMILES string of the molecule is O=C(Nc1ccc(C(=O)O)c(F)c1)c1ccc(Cl)c(Cl)c1. The van der Waals surface area contributed by atoms with Crippen LogP contribution in [0.5, 0.6) is 0 Å². The number of halogens is 3. The van der Waals surface area contributed by atoms with E-state index in [1.165, 1.54) is 24.3 Å². The lowest BCUT2D eigenvalue weighted by Gasteiger charge is -2.07. The first kappa shape index (κ1) is 15.3. The van der Waals surface area contributed by atoms with Gasteiger partial charge in [0.25, 0.3) is 5.91 Å². The molecule has 0 radical (unpaired) electrons. The number of carboxylic acid groups (broad SMARTS) is 1. The summed E-state index contributed by atoms with van der Waals surface area (Å²) in [5.74, 6) is -2.83. The third-order valence-corrected chi connectivity index (χ3v) is 3.38. The highest BCUT2D eigenvalue weighted by molar-refractivity contribution is 6.42. The van der Waals surface area contributed by atoms with Gasteiger partial charge in [0.15, 0.2) is 0 Å². The minimum atomic E-state index is -1.38. The average Bonchev–Trinajstić information content (AvgIpc) is 2.41. The quantitative estimate of drug-likeness (QED) is 0.892. The number of rotatable bonds is 3. The van der Waals surface area contributed by atoms with E-state index in [1.807, 2.05) is 0 Å². The van der Waals surface area contributed by atoms with Gasteiger partial charge < -0.3 is 10.4 Å². The van der Waals surface area contributed by atoms with Crippen LogP contribution in [-0.4, -0.2) is 17.0 Å².